The van der Waals surface area contributed by atoms with Gasteiger partial charge in [0.05, 0.1) is 12.2 Å². The Hall–Kier alpha value is -0.560. The Morgan fingerprint density at radius 1 is 1.64 bits per heavy atom. The van der Waals surface area contributed by atoms with E-state index < -0.39 is 0 Å². The van der Waals surface area contributed by atoms with Gasteiger partial charge in [-0.15, -0.1) is 6.58 Å². The Kier molecular flexibility index (Phi) is 1.85. The SMILES string of the molecule is C=CCOC12CC1CC1CCCC=C12. The van der Waals surface area contributed by atoms with E-state index >= 15 is 0 Å². The van der Waals surface area contributed by atoms with Gasteiger partial charge < -0.3 is 4.74 Å². The zero-order valence-electron chi connectivity index (χ0n) is 8.67. The molecule has 0 aromatic heterocycles. The molecule has 0 bridgehead atoms. The molecule has 1 nitrogen and oxygen atoms in total. The van der Waals surface area contributed by atoms with Crippen molar-refractivity contribution in [1.82, 2.24) is 0 Å². The molecular formula is C13H18O. The summed E-state index contributed by atoms with van der Waals surface area (Å²) in [6.45, 7) is 4.45. The maximum Gasteiger partial charge on any atom is 0.0931 e. The fourth-order valence-electron chi connectivity index (χ4n) is 3.45. The van der Waals surface area contributed by atoms with Crippen molar-refractivity contribution in [3.05, 3.63) is 24.3 Å². The van der Waals surface area contributed by atoms with Crippen LogP contribution < -0.4 is 0 Å². The van der Waals surface area contributed by atoms with Crippen LogP contribution in [0.2, 0.25) is 0 Å². The molecule has 3 atom stereocenters. The lowest BCUT2D eigenvalue weighted by molar-refractivity contribution is 0.0737. The average molecular weight is 190 g/mol. The number of ether oxygens (including phenoxy) is 1. The number of hydrogen-bond acceptors (Lipinski definition) is 1. The van der Waals surface area contributed by atoms with Gasteiger partial charge in [-0.25, -0.2) is 0 Å². The smallest absolute Gasteiger partial charge is 0.0931 e. The summed E-state index contributed by atoms with van der Waals surface area (Å²) in [5.41, 5.74) is 1.84. The van der Waals surface area contributed by atoms with Crippen LogP contribution in [-0.2, 0) is 4.74 Å². The molecule has 0 aliphatic heterocycles. The topological polar surface area (TPSA) is 9.23 Å². The molecule has 3 unspecified atom stereocenters. The molecule has 0 spiro atoms. The predicted molar refractivity (Wildman–Crippen MR) is 57.0 cm³/mol. The Morgan fingerprint density at radius 2 is 2.57 bits per heavy atom. The van der Waals surface area contributed by atoms with Crippen LogP contribution in [0, 0.1) is 11.8 Å². The first kappa shape index (κ1) is 8.72. The summed E-state index contributed by atoms with van der Waals surface area (Å²) in [5, 5.41) is 0. The summed E-state index contributed by atoms with van der Waals surface area (Å²) in [4.78, 5) is 0. The zero-order valence-corrected chi connectivity index (χ0v) is 8.67. The lowest BCUT2D eigenvalue weighted by atomic mass is 9.86. The number of allylic oxidation sites excluding steroid dienone is 1. The van der Waals surface area contributed by atoms with Crippen molar-refractivity contribution in [2.75, 3.05) is 6.61 Å². The van der Waals surface area contributed by atoms with E-state index in [-0.39, 0.29) is 5.60 Å². The highest BCUT2D eigenvalue weighted by Crippen LogP contribution is 2.65. The summed E-state index contributed by atoms with van der Waals surface area (Å²) in [6.07, 6.45) is 11.1. The van der Waals surface area contributed by atoms with E-state index in [1.165, 1.54) is 32.1 Å². The second kappa shape index (κ2) is 2.96. The van der Waals surface area contributed by atoms with Crippen LogP contribution in [0.15, 0.2) is 24.3 Å². The first-order chi connectivity index (χ1) is 6.87. The molecule has 0 N–H and O–H groups in total. The van der Waals surface area contributed by atoms with Gasteiger partial charge in [-0.1, -0.05) is 12.2 Å². The fourth-order valence-corrected chi connectivity index (χ4v) is 3.45. The van der Waals surface area contributed by atoms with Crippen LogP contribution in [0.5, 0.6) is 0 Å². The largest absolute Gasteiger partial charge is 0.366 e. The van der Waals surface area contributed by atoms with E-state index in [1.54, 1.807) is 5.57 Å². The molecular weight excluding hydrogens is 172 g/mol. The monoisotopic (exact) mass is 190 g/mol. The van der Waals surface area contributed by atoms with Crippen molar-refractivity contribution in [3.63, 3.8) is 0 Å². The third kappa shape index (κ3) is 1.05. The van der Waals surface area contributed by atoms with Crippen LogP contribution in [-0.4, -0.2) is 12.2 Å². The van der Waals surface area contributed by atoms with Crippen molar-refractivity contribution in [2.24, 2.45) is 11.8 Å². The normalized spacial score (nSPS) is 43.9. The average Bonchev–Trinajstić information content (AvgIpc) is 2.84. The molecule has 2 saturated carbocycles. The minimum absolute atomic E-state index is 0.194. The molecule has 0 heterocycles. The third-order valence-electron chi connectivity index (χ3n) is 4.13. The van der Waals surface area contributed by atoms with E-state index in [9.17, 15) is 0 Å². The first-order valence-corrected chi connectivity index (χ1v) is 5.82. The summed E-state index contributed by atoms with van der Waals surface area (Å²) in [5.74, 6) is 1.71. The molecule has 3 aliphatic carbocycles. The molecule has 0 radical (unpaired) electrons. The molecule has 0 aromatic carbocycles. The number of rotatable bonds is 3. The molecule has 0 amide bonds. The van der Waals surface area contributed by atoms with E-state index in [0.29, 0.717) is 0 Å². The predicted octanol–water partition coefficient (Wildman–Crippen LogP) is 3.08. The highest BCUT2D eigenvalue weighted by Gasteiger charge is 2.64. The second-order valence-corrected chi connectivity index (χ2v) is 4.91. The Morgan fingerprint density at radius 3 is 3.43 bits per heavy atom. The van der Waals surface area contributed by atoms with Gasteiger partial charge in [0, 0.05) is 0 Å². The van der Waals surface area contributed by atoms with Gasteiger partial charge in [0.25, 0.3) is 0 Å². The quantitative estimate of drug-likeness (QED) is 0.621. The molecule has 3 aliphatic rings. The van der Waals surface area contributed by atoms with Gasteiger partial charge in [0.15, 0.2) is 0 Å². The van der Waals surface area contributed by atoms with Crippen molar-refractivity contribution in [2.45, 2.75) is 37.7 Å². The summed E-state index contributed by atoms with van der Waals surface area (Å²) in [6, 6.07) is 0. The van der Waals surface area contributed by atoms with Crippen LogP contribution in [0.25, 0.3) is 0 Å². The lowest BCUT2D eigenvalue weighted by Gasteiger charge is -2.25. The highest BCUT2D eigenvalue weighted by atomic mass is 16.5. The summed E-state index contributed by atoms with van der Waals surface area (Å²) in [7, 11) is 0. The lowest BCUT2D eigenvalue weighted by Crippen LogP contribution is -2.21. The van der Waals surface area contributed by atoms with Crippen molar-refractivity contribution < 1.29 is 4.74 Å². The Labute approximate surface area is 85.8 Å². The Bertz CT molecular complexity index is 292. The second-order valence-electron chi connectivity index (χ2n) is 4.91. The van der Waals surface area contributed by atoms with Crippen LogP contribution >= 0.6 is 0 Å². The van der Waals surface area contributed by atoms with Gasteiger partial charge >= 0.3 is 0 Å². The Balaban J connectivity index is 1.82. The zero-order chi connectivity index (χ0) is 9.60. The van der Waals surface area contributed by atoms with E-state index in [4.69, 9.17) is 4.74 Å². The molecule has 3 rings (SSSR count). The maximum absolute atomic E-state index is 6.00. The van der Waals surface area contributed by atoms with Gasteiger partial charge in [-0.3, -0.25) is 0 Å². The molecule has 76 valence electrons. The van der Waals surface area contributed by atoms with Gasteiger partial charge in [0.1, 0.15) is 0 Å². The summed E-state index contributed by atoms with van der Waals surface area (Å²) >= 11 is 0. The van der Waals surface area contributed by atoms with E-state index in [0.717, 1.165) is 18.4 Å². The van der Waals surface area contributed by atoms with Crippen LogP contribution in [0.4, 0.5) is 0 Å². The van der Waals surface area contributed by atoms with Crippen LogP contribution in [0.1, 0.15) is 32.1 Å². The van der Waals surface area contributed by atoms with E-state index in [1.807, 2.05) is 6.08 Å². The molecule has 0 aromatic rings. The highest BCUT2D eigenvalue weighted by molar-refractivity contribution is 5.38. The summed E-state index contributed by atoms with van der Waals surface area (Å²) < 4.78 is 6.00. The minimum Gasteiger partial charge on any atom is -0.366 e. The van der Waals surface area contributed by atoms with Crippen molar-refractivity contribution in [1.29, 1.82) is 0 Å². The standard InChI is InChI=1S/C13H18O/c1-2-7-14-13-9-11(13)8-10-5-3-4-6-12(10)13/h2,6,10-11H,1,3-5,7-9H2. The van der Waals surface area contributed by atoms with Gasteiger partial charge in [0.2, 0.25) is 0 Å². The first-order valence-electron chi connectivity index (χ1n) is 5.82. The van der Waals surface area contributed by atoms with Gasteiger partial charge in [-0.2, -0.15) is 0 Å². The van der Waals surface area contributed by atoms with Crippen LogP contribution in [0.3, 0.4) is 0 Å². The molecule has 2 fully saturated rings. The minimum atomic E-state index is 0.194. The molecule has 0 saturated heterocycles. The molecule has 14 heavy (non-hydrogen) atoms. The molecule has 1 heteroatoms. The third-order valence-corrected chi connectivity index (χ3v) is 4.13. The number of fused-ring (bicyclic) bond motifs is 3. The van der Waals surface area contributed by atoms with Crippen molar-refractivity contribution >= 4 is 0 Å². The van der Waals surface area contributed by atoms with Crippen molar-refractivity contribution in [3.8, 4) is 0 Å². The number of hydrogen-bond donors (Lipinski definition) is 0. The van der Waals surface area contributed by atoms with Gasteiger partial charge in [-0.05, 0) is 49.5 Å². The fraction of sp³-hybridized carbons (Fsp3) is 0.692. The maximum atomic E-state index is 6.00. The van der Waals surface area contributed by atoms with E-state index in [2.05, 4.69) is 12.7 Å².